The molecule has 2 unspecified atom stereocenters. The molecule has 0 aliphatic carbocycles. The summed E-state index contributed by atoms with van der Waals surface area (Å²) in [5, 5.41) is 0.267. The molecule has 0 saturated carbocycles. The van der Waals surface area contributed by atoms with Crippen LogP contribution in [0.3, 0.4) is 0 Å². The Morgan fingerprint density at radius 2 is 2.00 bits per heavy atom. The monoisotopic (exact) mass is 160 g/mol. The molecule has 60 valence electrons. The van der Waals surface area contributed by atoms with Gasteiger partial charge in [-0.25, -0.2) is 0 Å². The van der Waals surface area contributed by atoms with Crippen molar-refractivity contribution in [3.05, 3.63) is 12.2 Å². The zero-order valence-corrected chi connectivity index (χ0v) is 7.91. The third-order valence-corrected chi connectivity index (χ3v) is 2.32. The molecular weight excluding hydrogens is 144 g/mol. The molecule has 0 nitrogen and oxygen atoms in total. The van der Waals surface area contributed by atoms with Crippen LogP contribution in [0.4, 0.5) is 0 Å². The van der Waals surface area contributed by atoms with E-state index in [4.69, 9.17) is 11.6 Å². The summed E-state index contributed by atoms with van der Waals surface area (Å²) in [6.45, 7) is 10.3. The van der Waals surface area contributed by atoms with E-state index in [1.54, 1.807) is 0 Å². The summed E-state index contributed by atoms with van der Waals surface area (Å²) >= 11 is 5.89. The highest BCUT2D eigenvalue weighted by Gasteiger charge is 2.08. The number of hydrogen-bond donors (Lipinski definition) is 0. The Kier molecular flexibility index (Phi) is 4.80. The van der Waals surface area contributed by atoms with Crippen LogP contribution in [0, 0.1) is 5.92 Å². The zero-order valence-electron chi connectivity index (χ0n) is 7.15. The molecule has 0 heterocycles. The molecule has 0 N–H and O–H groups in total. The second kappa shape index (κ2) is 4.79. The van der Waals surface area contributed by atoms with E-state index in [0.29, 0.717) is 5.92 Å². The highest BCUT2D eigenvalue weighted by atomic mass is 35.5. The first-order valence-electron chi connectivity index (χ1n) is 3.88. The predicted octanol–water partition coefficient (Wildman–Crippen LogP) is 3.61. The van der Waals surface area contributed by atoms with Gasteiger partial charge >= 0.3 is 0 Å². The van der Waals surface area contributed by atoms with Crippen molar-refractivity contribution in [3.8, 4) is 0 Å². The summed E-state index contributed by atoms with van der Waals surface area (Å²) in [7, 11) is 0. The Morgan fingerprint density at radius 1 is 1.50 bits per heavy atom. The molecule has 0 fully saturated rings. The van der Waals surface area contributed by atoms with Crippen LogP contribution in [0.5, 0.6) is 0 Å². The highest BCUT2D eigenvalue weighted by Crippen LogP contribution is 2.18. The second-order valence-corrected chi connectivity index (χ2v) is 3.65. The topological polar surface area (TPSA) is 0 Å². The summed E-state index contributed by atoms with van der Waals surface area (Å²) in [5.41, 5.74) is 1.31. The molecule has 0 amide bonds. The quantitative estimate of drug-likeness (QED) is 0.436. The van der Waals surface area contributed by atoms with Crippen LogP contribution < -0.4 is 0 Å². The van der Waals surface area contributed by atoms with Gasteiger partial charge in [-0.05, 0) is 25.7 Å². The molecule has 0 aromatic carbocycles. The second-order valence-electron chi connectivity index (χ2n) is 2.96. The lowest BCUT2D eigenvalue weighted by Crippen LogP contribution is -2.07. The first-order valence-corrected chi connectivity index (χ1v) is 4.32. The average Bonchev–Trinajstić information content (AvgIpc) is 1.87. The van der Waals surface area contributed by atoms with E-state index in [1.165, 1.54) is 5.57 Å². The van der Waals surface area contributed by atoms with Crippen molar-refractivity contribution in [2.24, 2.45) is 5.92 Å². The number of halogens is 1. The molecular formula is C9H17Cl. The Labute approximate surface area is 69.3 Å². The van der Waals surface area contributed by atoms with Crippen LogP contribution in [0.25, 0.3) is 0 Å². The lowest BCUT2D eigenvalue weighted by atomic mass is 9.98. The third-order valence-electron chi connectivity index (χ3n) is 1.89. The Morgan fingerprint density at radius 3 is 2.30 bits per heavy atom. The standard InChI is InChI=1S/C9H17Cl/c1-5-7(2)6-8(3)9(4)10/h8-9H,2,5-6H2,1,3-4H3. The average molecular weight is 161 g/mol. The van der Waals surface area contributed by atoms with Crippen LogP contribution in [-0.4, -0.2) is 5.38 Å². The van der Waals surface area contributed by atoms with Crippen LogP contribution in [-0.2, 0) is 0 Å². The molecule has 0 saturated heterocycles. The fourth-order valence-corrected chi connectivity index (χ4v) is 0.851. The number of rotatable bonds is 4. The maximum absolute atomic E-state index is 5.89. The van der Waals surface area contributed by atoms with Gasteiger partial charge in [-0.3, -0.25) is 0 Å². The summed E-state index contributed by atoms with van der Waals surface area (Å²) in [5.74, 6) is 0.564. The van der Waals surface area contributed by atoms with Crippen molar-refractivity contribution >= 4 is 11.6 Å². The molecule has 0 aliphatic heterocycles. The van der Waals surface area contributed by atoms with Crippen LogP contribution in [0.2, 0.25) is 0 Å². The van der Waals surface area contributed by atoms with E-state index in [-0.39, 0.29) is 5.38 Å². The molecule has 0 radical (unpaired) electrons. The van der Waals surface area contributed by atoms with Gasteiger partial charge in [0.1, 0.15) is 0 Å². The molecule has 0 aromatic heterocycles. The maximum atomic E-state index is 5.89. The molecule has 0 bridgehead atoms. The van der Waals surface area contributed by atoms with Gasteiger partial charge in [0.2, 0.25) is 0 Å². The smallest absolute Gasteiger partial charge is 0.0336 e. The van der Waals surface area contributed by atoms with Gasteiger partial charge in [0.05, 0.1) is 0 Å². The van der Waals surface area contributed by atoms with Crippen LogP contribution in [0.15, 0.2) is 12.2 Å². The minimum atomic E-state index is 0.267. The van der Waals surface area contributed by atoms with Gasteiger partial charge in [0.25, 0.3) is 0 Å². The van der Waals surface area contributed by atoms with Crippen molar-refractivity contribution in [2.45, 2.75) is 39.0 Å². The molecule has 0 aliphatic rings. The van der Waals surface area contributed by atoms with Gasteiger partial charge in [0.15, 0.2) is 0 Å². The normalized spacial score (nSPS) is 16.4. The van der Waals surface area contributed by atoms with Crippen LogP contribution >= 0.6 is 11.6 Å². The van der Waals surface area contributed by atoms with Gasteiger partial charge in [-0.2, -0.15) is 0 Å². The van der Waals surface area contributed by atoms with Crippen molar-refractivity contribution in [2.75, 3.05) is 0 Å². The van der Waals surface area contributed by atoms with Crippen LogP contribution in [0.1, 0.15) is 33.6 Å². The van der Waals surface area contributed by atoms with E-state index < -0.39 is 0 Å². The summed E-state index contributed by atoms with van der Waals surface area (Å²) in [6, 6.07) is 0. The van der Waals surface area contributed by atoms with Crippen molar-refractivity contribution in [1.29, 1.82) is 0 Å². The Hall–Kier alpha value is 0.0300. The van der Waals surface area contributed by atoms with Crippen molar-refractivity contribution in [3.63, 3.8) is 0 Å². The SMILES string of the molecule is C=C(CC)CC(C)C(C)Cl. The van der Waals surface area contributed by atoms with Crippen molar-refractivity contribution in [1.82, 2.24) is 0 Å². The van der Waals surface area contributed by atoms with Gasteiger partial charge in [-0.15, -0.1) is 11.6 Å². The zero-order chi connectivity index (χ0) is 8.15. The minimum absolute atomic E-state index is 0.267. The van der Waals surface area contributed by atoms with E-state index in [0.717, 1.165) is 12.8 Å². The van der Waals surface area contributed by atoms with Gasteiger partial charge in [0, 0.05) is 5.38 Å². The number of alkyl halides is 1. The van der Waals surface area contributed by atoms with E-state index in [2.05, 4.69) is 20.4 Å². The van der Waals surface area contributed by atoms with E-state index >= 15 is 0 Å². The Bertz CT molecular complexity index is 105. The molecule has 10 heavy (non-hydrogen) atoms. The summed E-state index contributed by atoms with van der Waals surface area (Å²) in [4.78, 5) is 0. The first kappa shape index (κ1) is 10.0. The fourth-order valence-electron chi connectivity index (χ4n) is 0.762. The highest BCUT2D eigenvalue weighted by molar-refractivity contribution is 6.20. The van der Waals surface area contributed by atoms with E-state index in [9.17, 15) is 0 Å². The lowest BCUT2D eigenvalue weighted by Gasteiger charge is -2.13. The maximum Gasteiger partial charge on any atom is 0.0336 e. The van der Waals surface area contributed by atoms with Crippen molar-refractivity contribution < 1.29 is 0 Å². The Balaban J connectivity index is 3.57. The number of hydrogen-bond acceptors (Lipinski definition) is 0. The third kappa shape index (κ3) is 3.94. The molecule has 0 rings (SSSR count). The molecule has 2 atom stereocenters. The largest absolute Gasteiger partial charge is 0.123 e. The lowest BCUT2D eigenvalue weighted by molar-refractivity contribution is 0.558. The van der Waals surface area contributed by atoms with E-state index in [1.807, 2.05) is 6.92 Å². The summed E-state index contributed by atoms with van der Waals surface area (Å²) < 4.78 is 0. The molecule has 1 heteroatoms. The molecule has 0 spiro atoms. The fraction of sp³-hybridized carbons (Fsp3) is 0.778. The number of allylic oxidation sites excluding steroid dienone is 1. The van der Waals surface area contributed by atoms with Gasteiger partial charge in [-0.1, -0.05) is 26.0 Å². The summed E-state index contributed by atoms with van der Waals surface area (Å²) in [6.07, 6.45) is 2.15. The minimum Gasteiger partial charge on any atom is -0.123 e. The van der Waals surface area contributed by atoms with Gasteiger partial charge < -0.3 is 0 Å². The first-order chi connectivity index (χ1) is 4.57. The predicted molar refractivity (Wildman–Crippen MR) is 48.5 cm³/mol. The molecule has 0 aromatic rings.